The average Bonchev–Trinajstić information content (AvgIpc) is 2.94. The molecule has 2 nitrogen and oxygen atoms in total. The number of rotatable bonds is 15. The van der Waals surface area contributed by atoms with E-state index in [2.05, 4.69) is 104 Å². The van der Waals surface area contributed by atoms with Gasteiger partial charge >= 0.3 is 5.97 Å². The maximum Gasteiger partial charge on any atom is 0.311 e. The molecular weight excluding hydrogens is 464 g/mol. The number of carbonyl (C=O) groups excluding carboxylic acids is 1. The highest BCUT2D eigenvalue weighted by molar-refractivity contribution is 5.76. The molecular formula is C36H46O2. The van der Waals surface area contributed by atoms with Crippen LogP contribution in [0.4, 0.5) is 0 Å². The largest absolute Gasteiger partial charge is 0.466 e. The Morgan fingerprint density at radius 3 is 1.82 bits per heavy atom. The zero-order valence-electron chi connectivity index (χ0n) is 23.9. The van der Waals surface area contributed by atoms with Crippen molar-refractivity contribution in [2.24, 2.45) is 11.3 Å². The highest BCUT2D eigenvalue weighted by atomic mass is 16.5. The van der Waals surface area contributed by atoms with Gasteiger partial charge in [0.05, 0.1) is 12.0 Å². The molecule has 0 N–H and O–H groups in total. The molecule has 3 aromatic rings. The van der Waals surface area contributed by atoms with Gasteiger partial charge in [-0.15, -0.1) is 0 Å². The fraction of sp³-hybridized carbons (Fsp3) is 0.417. The highest BCUT2D eigenvalue weighted by Crippen LogP contribution is 2.37. The zero-order chi connectivity index (χ0) is 27.2. The van der Waals surface area contributed by atoms with Crippen molar-refractivity contribution in [2.45, 2.75) is 78.6 Å². The zero-order valence-corrected chi connectivity index (χ0v) is 23.9. The number of hydrogen-bond acceptors (Lipinski definition) is 2. The third-order valence-corrected chi connectivity index (χ3v) is 7.59. The summed E-state index contributed by atoms with van der Waals surface area (Å²) in [6.07, 6.45) is 9.91. The molecule has 0 fully saturated rings. The van der Waals surface area contributed by atoms with Crippen molar-refractivity contribution in [3.8, 4) is 0 Å². The molecule has 0 aliphatic rings. The Balaban J connectivity index is 1.69. The molecule has 3 aromatic carbocycles. The quantitative estimate of drug-likeness (QED) is 0.150. The van der Waals surface area contributed by atoms with Crippen molar-refractivity contribution in [1.29, 1.82) is 0 Å². The summed E-state index contributed by atoms with van der Waals surface area (Å²) in [5.41, 5.74) is 5.02. The third-order valence-electron chi connectivity index (χ3n) is 7.59. The summed E-state index contributed by atoms with van der Waals surface area (Å²) >= 11 is 0. The van der Waals surface area contributed by atoms with Crippen molar-refractivity contribution in [1.82, 2.24) is 0 Å². The molecule has 0 radical (unpaired) electrons. The Morgan fingerprint density at radius 2 is 1.32 bits per heavy atom. The Hall–Kier alpha value is -3.13. The molecule has 1 atom stereocenters. The SMILES string of the molecule is CCOC(=O)C(C)(C)CC(C/C(C)=C/CC(CCc1ccccc1)CCc1ccccc1)c1ccccc1. The van der Waals surface area contributed by atoms with Crippen LogP contribution in [0, 0.1) is 11.3 Å². The van der Waals surface area contributed by atoms with E-state index in [9.17, 15) is 4.79 Å². The van der Waals surface area contributed by atoms with Gasteiger partial charge in [0.1, 0.15) is 0 Å². The summed E-state index contributed by atoms with van der Waals surface area (Å²) in [5.74, 6) is 0.805. The van der Waals surface area contributed by atoms with Crippen molar-refractivity contribution < 1.29 is 9.53 Å². The monoisotopic (exact) mass is 510 g/mol. The van der Waals surface area contributed by atoms with Crippen LogP contribution in [0.1, 0.15) is 82.4 Å². The maximum absolute atomic E-state index is 12.7. The Bertz CT molecular complexity index is 1060. The molecule has 0 heterocycles. The van der Waals surface area contributed by atoms with E-state index < -0.39 is 5.41 Å². The minimum atomic E-state index is -0.523. The second-order valence-corrected chi connectivity index (χ2v) is 11.3. The van der Waals surface area contributed by atoms with Crippen molar-refractivity contribution in [2.75, 3.05) is 6.61 Å². The molecule has 0 amide bonds. The second-order valence-electron chi connectivity index (χ2n) is 11.3. The van der Waals surface area contributed by atoms with Crippen molar-refractivity contribution in [3.05, 3.63) is 119 Å². The van der Waals surface area contributed by atoms with Crippen molar-refractivity contribution >= 4 is 5.97 Å². The average molecular weight is 511 g/mol. The number of allylic oxidation sites excluding steroid dienone is 2. The number of carbonyl (C=O) groups is 1. The first-order valence-corrected chi connectivity index (χ1v) is 14.3. The van der Waals surface area contributed by atoms with Crippen LogP contribution in [0.3, 0.4) is 0 Å². The lowest BCUT2D eigenvalue weighted by molar-refractivity contribution is -0.154. The maximum atomic E-state index is 12.7. The molecule has 0 saturated carbocycles. The van der Waals surface area contributed by atoms with Gasteiger partial charge in [-0.1, -0.05) is 103 Å². The van der Waals surface area contributed by atoms with Gasteiger partial charge in [-0.25, -0.2) is 0 Å². The summed E-state index contributed by atoms with van der Waals surface area (Å²) < 4.78 is 5.40. The molecule has 1 unspecified atom stereocenters. The Kier molecular flexibility index (Phi) is 11.9. The lowest BCUT2D eigenvalue weighted by Crippen LogP contribution is -2.29. The smallest absolute Gasteiger partial charge is 0.311 e. The van der Waals surface area contributed by atoms with Crippen LogP contribution in [0.25, 0.3) is 0 Å². The van der Waals surface area contributed by atoms with Gasteiger partial charge in [0.15, 0.2) is 0 Å². The fourth-order valence-corrected chi connectivity index (χ4v) is 5.31. The normalized spacial score (nSPS) is 12.9. The minimum absolute atomic E-state index is 0.107. The fourth-order valence-electron chi connectivity index (χ4n) is 5.31. The predicted octanol–water partition coefficient (Wildman–Crippen LogP) is 9.36. The van der Waals surface area contributed by atoms with Crippen LogP contribution in [0.15, 0.2) is 103 Å². The summed E-state index contributed by atoms with van der Waals surface area (Å²) in [4.78, 5) is 12.7. The molecule has 202 valence electrons. The topological polar surface area (TPSA) is 26.3 Å². The van der Waals surface area contributed by atoms with E-state index in [0.29, 0.717) is 12.5 Å². The number of benzene rings is 3. The van der Waals surface area contributed by atoms with E-state index in [1.165, 1.54) is 35.1 Å². The van der Waals surface area contributed by atoms with E-state index in [1.807, 2.05) is 20.8 Å². The van der Waals surface area contributed by atoms with Gasteiger partial charge in [0.2, 0.25) is 0 Å². The molecule has 0 bridgehead atoms. The van der Waals surface area contributed by atoms with Gasteiger partial charge in [-0.2, -0.15) is 0 Å². The molecule has 0 aromatic heterocycles. The molecule has 0 spiro atoms. The Morgan fingerprint density at radius 1 is 0.816 bits per heavy atom. The molecule has 38 heavy (non-hydrogen) atoms. The summed E-state index contributed by atoms with van der Waals surface area (Å²) in [6, 6.07) is 32.4. The summed E-state index contributed by atoms with van der Waals surface area (Å²) in [6.45, 7) is 8.59. The number of esters is 1. The third kappa shape index (κ3) is 9.97. The first-order chi connectivity index (χ1) is 18.4. The summed E-state index contributed by atoms with van der Waals surface area (Å²) in [5, 5.41) is 0. The lowest BCUT2D eigenvalue weighted by atomic mass is 9.77. The number of ether oxygens (including phenoxy) is 1. The molecule has 2 heteroatoms. The van der Waals surface area contributed by atoms with Crippen molar-refractivity contribution in [3.63, 3.8) is 0 Å². The first kappa shape index (κ1) is 29.4. The summed E-state index contributed by atoms with van der Waals surface area (Å²) in [7, 11) is 0. The second kappa shape index (κ2) is 15.3. The van der Waals surface area contributed by atoms with Crippen LogP contribution in [0.5, 0.6) is 0 Å². The van der Waals surface area contributed by atoms with E-state index in [4.69, 9.17) is 4.74 Å². The van der Waals surface area contributed by atoms with Crippen LogP contribution >= 0.6 is 0 Å². The van der Waals surface area contributed by atoms with E-state index in [1.54, 1.807) is 0 Å². The number of hydrogen-bond donors (Lipinski definition) is 0. The number of aryl methyl sites for hydroxylation is 2. The van der Waals surface area contributed by atoms with E-state index in [-0.39, 0.29) is 11.9 Å². The molecule has 0 saturated heterocycles. The van der Waals surface area contributed by atoms with Crippen LogP contribution < -0.4 is 0 Å². The van der Waals surface area contributed by atoms with Crippen LogP contribution in [-0.2, 0) is 22.4 Å². The highest BCUT2D eigenvalue weighted by Gasteiger charge is 2.33. The van der Waals surface area contributed by atoms with Gasteiger partial charge in [0.25, 0.3) is 0 Å². The van der Waals surface area contributed by atoms with Gasteiger partial charge in [-0.05, 0) is 101 Å². The van der Waals surface area contributed by atoms with E-state index in [0.717, 1.165) is 32.1 Å². The van der Waals surface area contributed by atoms with Gasteiger partial charge in [0, 0.05) is 0 Å². The molecule has 0 aliphatic carbocycles. The predicted molar refractivity (Wildman–Crippen MR) is 160 cm³/mol. The van der Waals surface area contributed by atoms with Gasteiger partial charge in [-0.3, -0.25) is 4.79 Å². The molecule has 0 aliphatic heterocycles. The minimum Gasteiger partial charge on any atom is -0.466 e. The lowest BCUT2D eigenvalue weighted by Gasteiger charge is -2.28. The first-order valence-electron chi connectivity index (χ1n) is 14.3. The van der Waals surface area contributed by atoms with E-state index >= 15 is 0 Å². The molecule has 3 rings (SSSR count). The van der Waals surface area contributed by atoms with Gasteiger partial charge < -0.3 is 4.74 Å². The van der Waals surface area contributed by atoms with Crippen LogP contribution in [0.2, 0.25) is 0 Å². The Labute approximate surface area is 231 Å². The standard InChI is InChI=1S/C36H46O2/c1-5-38-35(37)36(3,4)28-34(33-19-13-8-14-20-33)27-29(2)21-22-32(25-23-30-15-9-6-10-16-30)26-24-31-17-11-7-12-18-31/h6-21,32,34H,5,22-28H2,1-4H3/b29-21+. The van der Waals surface area contributed by atoms with Crippen LogP contribution in [-0.4, -0.2) is 12.6 Å².